The first-order chi connectivity index (χ1) is 10.0. The van der Waals surface area contributed by atoms with E-state index in [1.807, 2.05) is 12.1 Å². The molecule has 108 valence electrons. The van der Waals surface area contributed by atoms with Crippen LogP contribution in [0.15, 0.2) is 33.5 Å². The van der Waals surface area contributed by atoms with E-state index in [0.717, 1.165) is 18.5 Å². The minimum Gasteiger partial charge on any atom is -0.427 e. The van der Waals surface area contributed by atoms with E-state index in [2.05, 4.69) is 11.4 Å². The molecule has 1 heterocycles. The minimum absolute atomic E-state index is 0.244. The number of anilines is 1. The zero-order valence-electron chi connectivity index (χ0n) is 12.2. The fourth-order valence-corrected chi connectivity index (χ4v) is 2.94. The van der Waals surface area contributed by atoms with Gasteiger partial charge in [-0.15, -0.1) is 0 Å². The van der Waals surface area contributed by atoms with Crippen LogP contribution < -0.4 is 10.9 Å². The van der Waals surface area contributed by atoms with Crippen molar-refractivity contribution in [2.24, 2.45) is 0 Å². The standard InChI is InChI=1S/C17H17NO3/c1-10-8-15(19)21-11(2)16(10)17(20)18-14-7-6-12-4-3-5-13(12)9-14/h6-9H,3-5H2,1-2H3,(H,18,20). The largest absolute Gasteiger partial charge is 0.427 e. The highest BCUT2D eigenvalue weighted by atomic mass is 16.4. The number of aryl methyl sites for hydroxylation is 4. The van der Waals surface area contributed by atoms with Gasteiger partial charge in [-0.2, -0.15) is 0 Å². The van der Waals surface area contributed by atoms with Crippen LogP contribution in [0.5, 0.6) is 0 Å². The van der Waals surface area contributed by atoms with E-state index in [1.165, 1.54) is 23.6 Å². The van der Waals surface area contributed by atoms with Crippen LogP contribution in [-0.2, 0) is 12.8 Å². The quantitative estimate of drug-likeness (QED) is 0.921. The maximum absolute atomic E-state index is 12.4. The number of benzene rings is 1. The molecule has 4 nitrogen and oxygen atoms in total. The third kappa shape index (κ3) is 2.61. The zero-order chi connectivity index (χ0) is 15.0. The fourth-order valence-electron chi connectivity index (χ4n) is 2.94. The molecule has 0 spiro atoms. The molecule has 21 heavy (non-hydrogen) atoms. The van der Waals surface area contributed by atoms with E-state index < -0.39 is 5.63 Å². The van der Waals surface area contributed by atoms with E-state index >= 15 is 0 Å². The van der Waals surface area contributed by atoms with Crippen molar-refractivity contribution in [3.05, 3.63) is 62.7 Å². The van der Waals surface area contributed by atoms with E-state index in [-0.39, 0.29) is 5.91 Å². The van der Waals surface area contributed by atoms with Crippen molar-refractivity contribution >= 4 is 11.6 Å². The van der Waals surface area contributed by atoms with Crippen LogP contribution in [0.25, 0.3) is 0 Å². The summed E-state index contributed by atoms with van der Waals surface area (Å²) in [4.78, 5) is 23.7. The van der Waals surface area contributed by atoms with Crippen LogP contribution in [0.4, 0.5) is 5.69 Å². The number of nitrogens with one attached hydrogen (secondary N) is 1. The average Bonchev–Trinajstić information content (AvgIpc) is 2.84. The van der Waals surface area contributed by atoms with Crippen molar-refractivity contribution in [3.8, 4) is 0 Å². The molecule has 0 unspecified atom stereocenters. The van der Waals surface area contributed by atoms with Gasteiger partial charge in [-0.3, -0.25) is 4.79 Å². The molecule has 1 aliphatic carbocycles. The molecule has 3 rings (SSSR count). The lowest BCUT2D eigenvalue weighted by atomic mass is 10.1. The molecule has 2 aromatic rings. The van der Waals surface area contributed by atoms with Gasteiger partial charge in [0.2, 0.25) is 0 Å². The number of carbonyl (C=O) groups excluding carboxylic acids is 1. The second kappa shape index (κ2) is 5.20. The predicted octanol–water partition coefficient (Wildman–Crippen LogP) is 3.00. The van der Waals surface area contributed by atoms with Gasteiger partial charge in [0.05, 0.1) is 5.56 Å². The fraction of sp³-hybridized carbons (Fsp3) is 0.294. The Labute approximate surface area is 122 Å². The topological polar surface area (TPSA) is 59.3 Å². The summed E-state index contributed by atoms with van der Waals surface area (Å²) in [7, 11) is 0. The summed E-state index contributed by atoms with van der Waals surface area (Å²) < 4.78 is 5.01. The van der Waals surface area contributed by atoms with Gasteiger partial charge in [0.1, 0.15) is 5.76 Å². The Bertz CT molecular complexity index is 748. The van der Waals surface area contributed by atoms with Crippen molar-refractivity contribution in [2.45, 2.75) is 33.1 Å². The zero-order valence-corrected chi connectivity index (χ0v) is 12.2. The minimum atomic E-state index is -0.431. The summed E-state index contributed by atoms with van der Waals surface area (Å²) in [5, 5.41) is 2.89. The lowest BCUT2D eigenvalue weighted by molar-refractivity contribution is 0.102. The van der Waals surface area contributed by atoms with Crippen LogP contribution >= 0.6 is 0 Å². The highest BCUT2D eigenvalue weighted by molar-refractivity contribution is 6.05. The van der Waals surface area contributed by atoms with E-state index in [1.54, 1.807) is 13.8 Å². The number of fused-ring (bicyclic) bond motifs is 1. The van der Waals surface area contributed by atoms with Crippen LogP contribution in [-0.4, -0.2) is 5.91 Å². The molecule has 0 atom stereocenters. The van der Waals surface area contributed by atoms with Crippen molar-refractivity contribution in [1.82, 2.24) is 0 Å². The van der Waals surface area contributed by atoms with E-state index in [9.17, 15) is 9.59 Å². The Hall–Kier alpha value is -2.36. The smallest absolute Gasteiger partial charge is 0.336 e. The molecule has 1 amide bonds. The summed E-state index contributed by atoms with van der Waals surface area (Å²) in [6.07, 6.45) is 3.36. The number of hydrogen-bond acceptors (Lipinski definition) is 3. The molecule has 1 N–H and O–H groups in total. The van der Waals surface area contributed by atoms with Gasteiger partial charge < -0.3 is 9.73 Å². The Morgan fingerprint density at radius 1 is 1.14 bits per heavy atom. The first-order valence-corrected chi connectivity index (χ1v) is 7.09. The third-order valence-corrected chi connectivity index (χ3v) is 3.92. The third-order valence-electron chi connectivity index (χ3n) is 3.92. The Balaban J connectivity index is 1.89. The maximum Gasteiger partial charge on any atom is 0.336 e. The van der Waals surface area contributed by atoms with Gasteiger partial charge in [0.25, 0.3) is 5.91 Å². The molecule has 0 radical (unpaired) electrons. The van der Waals surface area contributed by atoms with Gasteiger partial charge in [-0.05, 0) is 61.9 Å². The van der Waals surface area contributed by atoms with Crippen LogP contribution in [0.1, 0.15) is 39.2 Å². The lowest BCUT2D eigenvalue weighted by Crippen LogP contribution is -2.17. The molecule has 0 saturated heterocycles. The summed E-state index contributed by atoms with van der Waals surface area (Å²) in [6.45, 7) is 3.37. The van der Waals surface area contributed by atoms with Gasteiger partial charge >= 0.3 is 5.63 Å². The number of hydrogen-bond donors (Lipinski definition) is 1. The molecule has 4 heteroatoms. The molecule has 0 fully saturated rings. The molecular formula is C17H17NO3. The first-order valence-electron chi connectivity index (χ1n) is 7.09. The molecule has 0 saturated carbocycles. The Morgan fingerprint density at radius 2 is 1.90 bits per heavy atom. The van der Waals surface area contributed by atoms with Gasteiger partial charge in [-0.1, -0.05) is 6.07 Å². The van der Waals surface area contributed by atoms with Gasteiger partial charge in [-0.25, -0.2) is 4.79 Å². The molecule has 1 aromatic carbocycles. The summed E-state index contributed by atoms with van der Waals surface area (Å²) in [6, 6.07) is 7.36. The summed E-state index contributed by atoms with van der Waals surface area (Å²) >= 11 is 0. The van der Waals surface area contributed by atoms with Crippen LogP contribution in [0, 0.1) is 13.8 Å². The van der Waals surface area contributed by atoms with Gasteiger partial charge in [0.15, 0.2) is 0 Å². The molecule has 1 aliphatic rings. The highest BCUT2D eigenvalue weighted by Crippen LogP contribution is 2.25. The molecule has 1 aromatic heterocycles. The van der Waals surface area contributed by atoms with E-state index in [4.69, 9.17) is 4.42 Å². The highest BCUT2D eigenvalue weighted by Gasteiger charge is 2.17. The molecular weight excluding hydrogens is 266 g/mol. The number of amides is 1. The lowest BCUT2D eigenvalue weighted by Gasteiger charge is -2.10. The average molecular weight is 283 g/mol. The van der Waals surface area contributed by atoms with Crippen LogP contribution in [0.3, 0.4) is 0 Å². The number of carbonyl (C=O) groups is 1. The Morgan fingerprint density at radius 3 is 2.67 bits per heavy atom. The molecule has 0 aliphatic heterocycles. The Kier molecular flexibility index (Phi) is 3.37. The van der Waals surface area contributed by atoms with Crippen molar-refractivity contribution in [2.75, 3.05) is 5.32 Å². The van der Waals surface area contributed by atoms with Crippen molar-refractivity contribution < 1.29 is 9.21 Å². The number of rotatable bonds is 2. The summed E-state index contributed by atoms with van der Waals surface area (Å²) in [5.41, 5.74) is 4.08. The molecule has 0 bridgehead atoms. The monoisotopic (exact) mass is 283 g/mol. The normalized spacial score (nSPS) is 13.0. The van der Waals surface area contributed by atoms with Crippen LogP contribution in [0.2, 0.25) is 0 Å². The first kappa shape index (κ1) is 13.6. The van der Waals surface area contributed by atoms with E-state index in [0.29, 0.717) is 16.9 Å². The second-order valence-electron chi connectivity index (χ2n) is 5.47. The van der Waals surface area contributed by atoms with Gasteiger partial charge in [0, 0.05) is 11.8 Å². The SMILES string of the molecule is Cc1cc(=O)oc(C)c1C(=O)Nc1ccc2c(c1)CCC2. The van der Waals surface area contributed by atoms with Crippen molar-refractivity contribution in [3.63, 3.8) is 0 Å². The van der Waals surface area contributed by atoms with Crippen molar-refractivity contribution in [1.29, 1.82) is 0 Å². The predicted molar refractivity (Wildman–Crippen MR) is 80.9 cm³/mol. The second-order valence-corrected chi connectivity index (χ2v) is 5.47. The summed E-state index contributed by atoms with van der Waals surface area (Å²) in [5.74, 6) is 0.102. The maximum atomic E-state index is 12.4.